The molecule has 0 aliphatic rings. The average molecular weight is 486 g/mol. The molecule has 5 N–H and O–H groups in total. The van der Waals surface area contributed by atoms with Crippen molar-refractivity contribution in [3.63, 3.8) is 0 Å². The lowest BCUT2D eigenvalue weighted by atomic mass is 9.90. The lowest BCUT2D eigenvalue weighted by Gasteiger charge is -2.30. The van der Waals surface area contributed by atoms with Gasteiger partial charge in [-0.2, -0.15) is 0 Å². The average Bonchev–Trinajstić information content (AvgIpc) is 2.91. The van der Waals surface area contributed by atoms with Gasteiger partial charge >= 0.3 is 0 Å². The molecule has 0 spiro atoms. The van der Waals surface area contributed by atoms with E-state index in [0.717, 1.165) is 16.7 Å². The summed E-state index contributed by atoms with van der Waals surface area (Å²) in [5.41, 5.74) is 13.6. The van der Waals surface area contributed by atoms with Gasteiger partial charge in [-0.25, -0.2) is 0 Å². The molecular formula is C29H35N5O2. The number of amides is 2. The van der Waals surface area contributed by atoms with Gasteiger partial charge in [-0.1, -0.05) is 91.0 Å². The minimum atomic E-state index is -0.724. The van der Waals surface area contributed by atoms with Crippen LogP contribution in [0.1, 0.15) is 48.4 Å². The number of nitrogens with two attached hydrogens (primary N) is 2. The van der Waals surface area contributed by atoms with Gasteiger partial charge in [0, 0.05) is 13.6 Å². The Morgan fingerprint density at radius 2 is 1.31 bits per heavy atom. The minimum absolute atomic E-state index is 0.00458. The number of rotatable bonds is 11. The second kappa shape index (κ2) is 13.1. The molecule has 3 aromatic rings. The topological polar surface area (TPSA) is 114 Å². The van der Waals surface area contributed by atoms with Crippen molar-refractivity contribution >= 4 is 17.8 Å². The highest BCUT2D eigenvalue weighted by atomic mass is 16.2. The zero-order chi connectivity index (χ0) is 25.9. The zero-order valence-electron chi connectivity index (χ0n) is 20.9. The van der Waals surface area contributed by atoms with Crippen LogP contribution in [0.15, 0.2) is 96.0 Å². The molecule has 0 saturated carbocycles. The van der Waals surface area contributed by atoms with Crippen LogP contribution in [0.4, 0.5) is 0 Å². The highest BCUT2D eigenvalue weighted by molar-refractivity contribution is 5.92. The van der Waals surface area contributed by atoms with Crippen molar-refractivity contribution in [2.24, 2.45) is 16.5 Å². The maximum Gasteiger partial charge on any atom is 0.245 e. The monoisotopic (exact) mass is 485 g/mol. The van der Waals surface area contributed by atoms with E-state index in [-0.39, 0.29) is 23.8 Å². The SMILES string of the molecule is C[C@H](c1ccccc1)N(C)C(=O)[C@@H](CCCN=C(N)N)NC(=O)C(c1ccccc1)c1ccccc1. The fraction of sp³-hybridized carbons (Fsp3) is 0.276. The maximum absolute atomic E-state index is 13.7. The van der Waals surface area contributed by atoms with E-state index in [4.69, 9.17) is 11.5 Å². The number of carbonyl (C=O) groups excluding carboxylic acids is 2. The number of carbonyl (C=O) groups is 2. The van der Waals surface area contributed by atoms with Crippen molar-refractivity contribution in [1.29, 1.82) is 0 Å². The summed E-state index contributed by atoms with van der Waals surface area (Å²) in [5.74, 6) is -0.931. The highest BCUT2D eigenvalue weighted by Crippen LogP contribution is 2.26. The summed E-state index contributed by atoms with van der Waals surface area (Å²) in [6.07, 6.45) is 0.951. The maximum atomic E-state index is 13.7. The van der Waals surface area contributed by atoms with Crippen LogP contribution in [-0.4, -0.2) is 42.3 Å². The van der Waals surface area contributed by atoms with Crippen LogP contribution in [0.25, 0.3) is 0 Å². The Kier molecular flexibility index (Phi) is 9.63. The van der Waals surface area contributed by atoms with Gasteiger partial charge in [-0.05, 0) is 36.5 Å². The molecule has 0 aliphatic carbocycles. The van der Waals surface area contributed by atoms with Gasteiger partial charge in [-0.15, -0.1) is 0 Å². The molecule has 36 heavy (non-hydrogen) atoms. The first-order valence-corrected chi connectivity index (χ1v) is 12.2. The number of nitrogens with one attached hydrogen (secondary N) is 1. The summed E-state index contributed by atoms with van der Waals surface area (Å²) in [6, 6.07) is 28.1. The van der Waals surface area contributed by atoms with Crippen molar-refractivity contribution in [2.45, 2.75) is 37.8 Å². The molecule has 3 rings (SSSR count). The third-order valence-electron chi connectivity index (χ3n) is 6.30. The van der Waals surface area contributed by atoms with Crippen molar-refractivity contribution in [1.82, 2.24) is 10.2 Å². The number of hydrogen-bond donors (Lipinski definition) is 3. The predicted octanol–water partition coefficient (Wildman–Crippen LogP) is 3.58. The summed E-state index contributed by atoms with van der Waals surface area (Å²) in [5, 5.41) is 3.05. The van der Waals surface area contributed by atoms with Crippen LogP contribution in [0.5, 0.6) is 0 Å². The number of guanidine groups is 1. The fourth-order valence-corrected chi connectivity index (χ4v) is 4.19. The second-order valence-electron chi connectivity index (χ2n) is 8.80. The molecule has 0 fully saturated rings. The molecule has 0 saturated heterocycles. The number of nitrogens with zero attached hydrogens (tertiary/aromatic N) is 2. The van der Waals surface area contributed by atoms with Crippen LogP contribution >= 0.6 is 0 Å². The summed E-state index contributed by atoms with van der Waals surface area (Å²) in [4.78, 5) is 33.1. The number of benzene rings is 3. The number of likely N-dealkylation sites (N-methyl/N-ethyl adjacent to an activating group) is 1. The van der Waals surface area contributed by atoms with E-state index >= 15 is 0 Å². The van der Waals surface area contributed by atoms with Gasteiger partial charge in [0.1, 0.15) is 6.04 Å². The van der Waals surface area contributed by atoms with Crippen molar-refractivity contribution in [3.8, 4) is 0 Å². The predicted molar refractivity (Wildman–Crippen MR) is 144 cm³/mol. The Morgan fingerprint density at radius 3 is 1.78 bits per heavy atom. The third-order valence-corrected chi connectivity index (χ3v) is 6.30. The smallest absolute Gasteiger partial charge is 0.245 e. The standard InChI is InChI=1S/C29H35N5O2/c1-21(22-13-6-3-7-14-22)34(2)28(36)25(19-12-20-32-29(30)31)33-27(35)26(23-15-8-4-9-16-23)24-17-10-5-11-18-24/h3-11,13-18,21,25-26H,12,19-20H2,1-2H3,(H,33,35)(H4,30,31,32)/t21-,25-/m1/s1. The molecule has 0 bridgehead atoms. The molecule has 0 aliphatic heterocycles. The van der Waals surface area contributed by atoms with Crippen molar-refractivity contribution < 1.29 is 9.59 Å². The first-order chi connectivity index (χ1) is 17.4. The van der Waals surface area contributed by atoms with E-state index in [1.165, 1.54) is 0 Å². The third kappa shape index (κ3) is 7.18. The molecule has 0 unspecified atom stereocenters. The molecule has 2 atom stereocenters. The minimum Gasteiger partial charge on any atom is -0.370 e. The molecule has 0 aromatic heterocycles. The molecule has 7 heteroatoms. The van der Waals surface area contributed by atoms with Crippen LogP contribution in [0.3, 0.4) is 0 Å². The quantitative estimate of drug-likeness (QED) is 0.219. The lowest BCUT2D eigenvalue weighted by Crippen LogP contribution is -2.49. The van der Waals surface area contributed by atoms with Gasteiger partial charge in [-0.3, -0.25) is 14.6 Å². The van der Waals surface area contributed by atoms with E-state index < -0.39 is 12.0 Å². The molecule has 0 radical (unpaired) electrons. The first kappa shape index (κ1) is 26.5. The van der Waals surface area contributed by atoms with Crippen molar-refractivity contribution in [2.75, 3.05) is 13.6 Å². The fourth-order valence-electron chi connectivity index (χ4n) is 4.19. The lowest BCUT2D eigenvalue weighted by molar-refractivity contribution is -0.137. The first-order valence-electron chi connectivity index (χ1n) is 12.2. The molecule has 2 amide bonds. The van der Waals surface area contributed by atoms with Crippen LogP contribution in [0.2, 0.25) is 0 Å². The van der Waals surface area contributed by atoms with E-state index in [1.54, 1.807) is 11.9 Å². The molecule has 188 valence electrons. The summed E-state index contributed by atoms with van der Waals surface area (Å²) >= 11 is 0. The normalized spacial score (nSPS) is 12.4. The second-order valence-corrected chi connectivity index (χ2v) is 8.80. The van der Waals surface area contributed by atoms with Gasteiger partial charge in [0.2, 0.25) is 11.8 Å². The van der Waals surface area contributed by atoms with E-state index in [2.05, 4.69) is 10.3 Å². The number of hydrogen-bond acceptors (Lipinski definition) is 3. The van der Waals surface area contributed by atoms with Crippen LogP contribution < -0.4 is 16.8 Å². The Hall–Kier alpha value is -4.13. The summed E-state index contributed by atoms with van der Waals surface area (Å²) in [6.45, 7) is 2.35. The largest absolute Gasteiger partial charge is 0.370 e. The van der Waals surface area contributed by atoms with Gasteiger partial charge in [0.05, 0.1) is 12.0 Å². The molecule has 3 aromatic carbocycles. The van der Waals surface area contributed by atoms with Crippen molar-refractivity contribution in [3.05, 3.63) is 108 Å². The Labute approximate surface area is 213 Å². The number of aliphatic imine (C=N–C) groups is 1. The van der Waals surface area contributed by atoms with Crippen LogP contribution in [0, 0.1) is 0 Å². The zero-order valence-corrected chi connectivity index (χ0v) is 20.9. The Bertz CT molecular complexity index is 1090. The van der Waals surface area contributed by atoms with E-state index in [1.807, 2.05) is 97.9 Å². The summed E-state index contributed by atoms with van der Waals surface area (Å²) < 4.78 is 0. The molecule has 7 nitrogen and oxygen atoms in total. The van der Waals surface area contributed by atoms with Gasteiger partial charge in [0.15, 0.2) is 5.96 Å². The molecule has 0 heterocycles. The molecular weight excluding hydrogens is 450 g/mol. The van der Waals surface area contributed by atoms with Gasteiger partial charge < -0.3 is 21.7 Å². The summed E-state index contributed by atoms with van der Waals surface area (Å²) in [7, 11) is 1.76. The highest BCUT2D eigenvalue weighted by Gasteiger charge is 2.30. The van der Waals surface area contributed by atoms with Gasteiger partial charge in [0.25, 0.3) is 0 Å². The Balaban J connectivity index is 1.85. The van der Waals surface area contributed by atoms with Crippen LogP contribution in [-0.2, 0) is 9.59 Å². The van der Waals surface area contributed by atoms with E-state index in [9.17, 15) is 9.59 Å². The van der Waals surface area contributed by atoms with E-state index in [0.29, 0.717) is 19.4 Å². The Morgan fingerprint density at radius 1 is 0.833 bits per heavy atom.